The van der Waals surface area contributed by atoms with E-state index in [2.05, 4.69) is 53.5 Å². The number of rotatable bonds is 7. The molecule has 2 aromatic carbocycles. The highest BCUT2D eigenvalue weighted by molar-refractivity contribution is 5.87. The summed E-state index contributed by atoms with van der Waals surface area (Å²) in [6.45, 7) is 11.4. The van der Waals surface area contributed by atoms with Crippen molar-refractivity contribution < 1.29 is 9.90 Å². The molecule has 5 heteroatoms. The zero-order chi connectivity index (χ0) is 22.0. The van der Waals surface area contributed by atoms with Crippen LogP contribution < -0.4 is 0 Å². The second-order valence-electron chi connectivity index (χ2n) is 8.89. The smallest absolute Gasteiger partial charge is 0.335 e. The number of carboxylic acids is 1. The van der Waals surface area contributed by atoms with Gasteiger partial charge in [-0.15, -0.1) is 0 Å². The topological polar surface area (TPSA) is 48.7 Å². The Labute approximate surface area is 184 Å². The maximum absolute atomic E-state index is 11.1. The fraction of sp³-hybridized carbons (Fsp3) is 0.423. The van der Waals surface area contributed by atoms with Crippen LogP contribution in [0.5, 0.6) is 0 Å². The molecular weight excluding hydrogens is 386 g/mol. The quantitative estimate of drug-likeness (QED) is 0.624. The van der Waals surface area contributed by atoms with Gasteiger partial charge in [0.25, 0.3) is 0 Å². The summed E-state index contributed by atoms with van der Waals surface area (Å²) in [5, 5.41) is 10.4. The molecule has 3 aromatic rings. The van der Waals surface area contributed by atoms with E-state index in [-0.39, 0.29) is 0 Å². The molecule has 5 nitrogen and oxygen atoms in total. The van der Waals surface area contributed by atoms with E-state index in [1.807, 2.05) is 12.1 Å². The third-order valence-corrected chi connectivity index (χ3v) is 6.76. The van der Waals surface area contributed by atoms with Crippen LogP contribution in [0.3, 0.4) is 0 Å². The molecule has 1 aromatic heterocycles. The predicted octanol–water partition coefficient (Wildman–Crippen LogP) is 4.18. The Morgan fingerprint density at radius 3 is 2.29 bits per heavy atom. The van der Waals surface area contributed by atoms with E-state index < -0.39 is 5.97 Å². The SMILES string of the molecule is Cc1c(C)n(CCCN2CCN(C)CC2)c2ccc(Cc3ccc(C(=O)O)cc3)cc12. The monoisotopic (exact) mass is 419 g/mol. The average Bonchev–Trinajstić information content (AvgIpc) is 3.00. The van der Waals surface area contributed by atoms with Gasteiger partial charge in [-0.25, -0.2) is 4.79 Å². The van der Waals surface area contributed by atoms with E-state index >= 15 is 0 Å². The largest absolute Gasteiger partial charge is 0.478 e. The summed E-state index contributed by atoms with van der Waals surface area (Å²) in [7, 11) is 2.20. The first-order valence-electron chi connectivity index (χ1n) is 11.2. The molecule has 1 fully saturated rings. The molecule has 0 spiro atoms. The highest BCUT2D eigenvalue weighted by Gasteiger charge is 2.15. The summed E-state index contributed by atoms with van der Waals surface area (Å²) in [6.07, 6.45) is 1.98. The van der Waals surface area contributed by atoms with Gasteiger partial charge in [-0.3, -0.25) is 0 Å². The first-order valence-corrected chi connectivity index (χ1v) is 11.2. The Bertz CT molecular complexity index is 1060. The lowest BCUT2D eigenvalue weighted by atomic mass is 10.0. The molecular formula is C26H33N3O2. The first-order chi connectivity index (χ1) is 14.9. The summed E-state index contributed by atoms with van der Waals surface area (Å²) >= 11 is 0. The van der Waals surface area contributed by atoms with Crippen LogP contribution in [0.1, 0.15) is 39.2 Å². The van der Waals surface area contributed by atoms with Gasteiger partial charge >= 0.3 is 5.97 Å². The van der Waals surface area contributed by atoms with Crippen molar-refractivity contribution in [3.8, 4) is 0 Å². The van der Waals surface area contributed by atoms with Gasteiger partial charge in [0.15, 0.2) is 0 Å². The Morgan fingerprint density at radius 1 is 0.935 bits per heavy atom. The maximum Gasteiger partial charge on any atom is 0.335 e. The number of aromatic carboxylic acids is 1. The van der Waals surface area contributed by atoms with Crippen LogP contribution in [0.4, 0.5) is 0 Å². The molecule has 0 amide bonds. The van der Waals surface area contributed by atoms with Crippen LogP contribution in [0.2, 0.25) is 0 Å². The Balaban J connectivity index is 1.46. The summed E-state index contributed by atoms with van der Waals surface area (Å²) in [6, 6.07) is 14.0. The Hall–Kier alpha value is -2.63. The van der Waals surface area contributed by atoms with E-state index in [0.29, 0.717) is 5.56 Å². The molecule has 2 heterocycles. The van der Waals surface area contributed by atoms with Crippen molar-refractivity contribution in [2.75, 3.05) is 39.8 Å². The zero-order valence-electron chi connectivity index (χ0n) is 18.9. The number of benzene rings is 2. The summed E-state index contributed by atoms with van der Waals surface area (Å²) in [4.78, 5) is 16.0. The minimum absolute atomic E-state index is 0.333. The second kappa shape index (κ2) is 9.25. The van der Waals surface area contributed by atoms with Crippen LogP contribution in [-0.2, 0) is 13.0 Å². The van der Waals surface area contributed by atoms with Gasteiger partial charge in [0, 0.05) is 49.3 Å². The van der Waals surface area contributed by atoms with Crippen LogP contribution in [0.15, 0.2) is 42.5 Å². The lowest BCUT2D eigenvalue weighted by Gasteiger charge is -2.32. The number of aromatic nitrogens is 1. The number of fused-ring (bicyclic) bond motifs is 1. The fourth-order valence-electron chi connectivity index (χ4n) is 4.62. The van der Waals surface area contributed by atoms with Crippen molar-refractivity contribution in [2.45, 2.75) is 33.2 Å². The molecule has 1 aliphatic heterocycles. The zero-order valence-corrected chi connectivity index (χ0v) is 18.9. The number of hydrogen-bond acceptors (Lipinski definition) is 3. The van der Waals surface area contributed by atoms with E-state index in [1.165, 1.54) is 60.3 Å². The molecule has 0 aliphatic carbocycles. The molecule has 164 valence electrons. The normalized spacial score (nSPS) is 15.6. The molecule has 1 aliphatic rings. The second-order valence-corrected chi connectivity index (χ2v) is 8.89. The molecule has 1 saturated heterocycles. The minimum Gasteiger partial charge on any atom is -0.478 e. The summed E-state index contributed by atoms with van der Waals surface area (Å²) < 4.78 is 2.48. The standard InChI is InChI=1S/C26H33N3O2/c1-19-20(2)29(12-4-11-28-15-13-27(3)14-16-28)25-10-7-22(18-24(19)25)17-21-5-8-23(9-6-21)26(30)31/h5-10,18H,4,11-17H2,1-3H3,(H,30,31). The average molecular weight is 420 g/mol. The third kappa shape index (κ3) is 4.83. The van der Waals surface area contributed by atoms with Gasteiger partial charge in [-0.1, -0.05) is 18.2 Å². The predicted molar refractivity (Wildman–Crippen MR) is 126 cm³/mol. The van der Waals surface area contributed by atoms with Gasteiger partial charge < -0.3 is 19.5 Å². The lowest BCUT2D eigenvalue weighted by Crippen LogP contribution is -2.44. The molecule has 0 bridgehead atoms. The van der Waals surface area contributed by atoms with Crippen molar-refractivity contribution in [1.29, 1.82) is 0 Å². The van der Waals surface area contributed by atoms with Crippen molar-refractivity contribution in [3.63, 3.8) is 0 Å². The van der Waals surface area contributed by atoms with Crippen molar-refractivity contribution >= 4 is 16.9 Å². The van der Waals surface area contributed by atoms with Crippen LogP contribution in [0, 0.1) is 13.8 Å². The highest BCUT2D eigenvalue weighted by Crippen LogP contribution is 2.27. The van der Waals surface area contributed by atoms with Gasteiger partial charge in [0.1, 0.15) is 0 Å². The Kier molecular flexibility index (Phi) is 6.44. The van der Waals surface area contributed by atoms with E-state index in [9.17, 15) is 4.79 Å². The van der Waals surface area contributed by atoms with Crippen LogP contribution in [0.25, 0.3) is 10.9 Å². The lowest BCUT2D eigenvalue weighted by molar-refractivity contribution is 0.0697. The first kappa shape index (κ1) is 21.6. The van der Waals surface area contributed by atoms with Crippen LogP contribution in [-0.4, -0.2) is 65.2 Å². The highest BCUT2D eigenvalue weighted by atomic mass is 16.4. The molecule has 31 heavy (non-hydrogen) atoms. The van der Waals surface area contributed by atoms with Gasteiger partial charge in [0.2, 0.25) is 0 Å². The minimum atomic E-state index is -0.881. The van der Waals surface area contributed by atoms with Crippen LogP contribution >= 0.6 is 0 Å². The van der Waals surface area contributed by atoms with E-state index in [4.69, 9.17) is 5.11 Å². The number of likely N-dealkylation sites (N-methyl/N-ethyl adjacent to an activating group) is 1. The van der Waals surface area contributed by atoms with Crippen molar-refractivity contribution in [1.82, 2.24) is 14.4 Å². The fourth-order valence-corrected chi connectivity index (χ4v) is 4.62. The number of carbonyl (C=O) groups is 1. The third-order valence-electron chi connectivity index (χ3n) is 6.76. The number of nitrogens with zero attached hydrogens (tertiary/aromatic N) is 3. The maximum atomic E-state index is 11.1. The number of hydrogen-bond donors (Lipinski definition) is 1. The number of aryl methyl sites for hydroxylation is 2. The van der Waals surface area contributed by atoms with Crippen molar-refractivity contribution in [3.05, 3.63) is 70.4 Å². The van der Waals surface area contributed by atoms with Gasteiger partial charge in [0.05, 0.1) is 5.56 Å². The van der Waals surface area contributed by atoms with E-state index in [0.717, 1.165) is 25.1 Å². The summed E-state index contributed by atoms with van der Waals surface area (Å²) in [5.74, 6) is -0.881. The number of carboxylic acid groups (broad SMARTS) is 1. The molecule has 0 saturated carbocycles. The Morgan fingerprint density at radius 2 is 1.61 bits per heavy atom. The van der Waals surface area contributed by atoms with Crippen molar-refractivity contribution in [2.24, 2.45) is 0 Å². The van der Waals surface area contributed by atoms with E-state index in [1.54, 1.807) is 12.1 Å². The van der Waals surface area contributed by atoms with Gasteiger partial charge in [-0.2, -0.15) is 0 Å². The molecule has 1 N–H and O–H groups in total. The molecule has 0 unspecified atom stereocenters. The van der Waals surface area contributed by atoms with Gasteiger partial charge in [-0.05, 0) is 81.2 Å². The molecule has 4 rings (SSSR count). The number of piperazine rings is 1. The molecule has 0 radical (unpaired) electrons. The summed E-state index contributed by atoms with van der Waals surface area (Å²) in [5.41, 5.74) is 6.75. The molecule has 0 atom stereocenters.